The zero-order chi connectivity index (χ0) is 14.7. The predicted octanol–water partition coefficient (Wildman–Crippen LogP) is 5.59. The maximum absolute atomic E-state index is 12.2. The number of thioether (sulfide) groups is 1. The average Bonchev–Trinajstić information content (AvgIpc) is 2.42. The van der Waals surface area contributed by atoms with Gasteiger partial charge in [0.1, 0.15) is 0 Å². The van der Waals surface area contributed by atoms with Gasteiger partial charge in [0.2, 0.25) is 0 Å². The van der Waals surface area contributed by atoms with Crippen LogP contribution in [0.15, 0.2) is 41.3 Å². The van der Waals surface area contributed by atoms with Crippen LogP contribution < -0.4 is 0 Å². The van der Waals surface area contributed by atoms with E-state index in [2.05, 4.69) is 0 Å². The highest BCUT2D eigenvalue weighted by Gasteiger charge is 2.09. The van der Waals surface area contributed by atoms with Gasteiger partial charge in [-0.15, -0.1) is 11.8 Å². The minimum atomic E-state index is 0.0918. The van der Waals surface area contributed by atoms with Crippen molar-refractivity contribution in [1.82, 2.24) is 0 Å². The molecular weight excluding hydrogens is 311 g/mol. The summed E-state index contributed by atoms with van der Waals surface area (Å²) < 4.78 is 0. The fraction of sp³-hybridized carbons (Fsp3) is 0.188. The summed E-state index contributed by atoms with van der Waals surface area (Å²) in [7, 11) is 0. The van der Waals surface area contributed by atoms with Crippen molar-refractivity contribution in [1.29, 1.82) is 0 Å². The van der Waals surface area contributed by atoms with Crippen LogP contribution in [0.1, 0.15) is 21.5 Å². The van der Waals surface area contributed by atoms with Crippen molar-refractivity contribution in [2.75, 3.05) is 5.75 Å². The second-order valence-corrected chi connectivity index (χ2v) is 6.45. The number of aryl methyl sites for hydroxylation is 2. The zero-order valence-electron chi connectivity index (χ0n) is 11.2. The molecule has 2 aromatic rings. The van der Waals surface area contributed by atoms with E-state index in [4.69, 9.17) is 23.2 Å². The van der Waals surface area contributed by atoms with E-state index in [1.165, 1.54) is 17.3 Å². The summed E-state index contributed by atoms with van der Waals surface area (Å²) in [6, 6.07) is 11.0. The third kappa shape index (κ3) is 3.78. The number of rotatable bonds is 4. The van der Waals surface area contributed by atoms with Gasteiger partial charge in [0.25, 0.3) is 0 Å². The van der Waals surface area contributed by atoms with Crippen LogP contribution in [0.25, 0.3) is 0 Å². The first kappa shape index (κ1) is 15.4. The van der Waals surface area contributed by atoms with Gasteiger partial charge >= 0.3 is 0 Å². The van der Waals surface area contributed by atoms with Gasteiger partial charge in [-0.25, -0.2) is 0 Å². The molecule has 0 unspecified atom stereocenters. The molecule has 0 aliphatic carbocycles. The number of Topliss-reactive ketones (excluding diaryl/α,β-unsaturated/α-hetero) is 1. The van der Waals surface area contributed by atoms with E-state index in [1.807, 2.05) is 32.0 Å². The molecule has 0 aliphatic rings. The van der Waals surface area contributed by atoms with Crippen LogP contribution in [0.5, 0.6) is 0 Å². The van der Waals surface area contributed by atoms with Crippen molar-refractivity contribution < 1.29 is 4.79 Å². The van der Waals surface area contributed by atoms with Crippen molar-refractivity contribution in [3.8, 4) is 0 Å². The number of benzene rings is 2. The number of carbonyl (C=O) groups excluding carboxylic acids is 1. The molecule has 2 aromatic carbocycles. The Hall–Kier alpha value is -0.960. The molecule has 1 nitrogen and oxygen atoms in total. The maximum Gasteiger partial charge on any atom is 0.173 e. The van der Waals surface area contributed by atoms with E-state index in [1.54, 1.807) is 18.2 Å². The Morgan fingerprint density at radius 2 is 1.80 bits per heavy atom. The molecule has 0 spiro atoms. The van der Waals surface area contributed by atoms with E-state index in [0.717, 1.165) is 16.0 Å². The van der Waals surface area contributed by atoms with Gasteiger partial charge in [0.05, 0.1) is 10.8 Å². The molecule has 0 atom stereocenters. The highest BCUT2D eigenvalue weighted by Crippen LogP contribution is 2.30. The summed E-state index contributed by atoms with van der Waals surface area (Å²) in [5.41, 5.74) is 3.05. The van der Waals surface area contributed by atoms with E-state index >= 15 is 0 Å². The SMILES string of the molecule is Cc1ccc(C(=O)CSc2cc(Cl)ccc2Cl)cc1C. The number of hydrogen-bond acceptors (Lipinski definition) is 2. The van der Waals surface area contributed by atoms with Crippen LogP contribution in [-0.2, 0) is 0 Å². The molecule has 20 heavy (non-hydrogen) atoms. The van der Waals surface area contributed by atoms with E-state index in [9.17, 15) is 4.79 Å². The van der Waals surface area contributed by atoms with Crippen LogP contribution in [-0.4, -0.2) is 11.5 Å². The third-order valence-electron chi connectivity index (χ3n) is 3.08. The first-order valence-electron chi connectivity index (χ1n) is 6.15. The lowest BCUT2D eigenvalue weighted by Crippen LogP contribution is -2.03. The molecule has 0 saturated heterocycles. The topological polar surface area (TPSA) is 17.1 Å². The minimum absolute atomic E-state index is 0.0918. The van der Waals surface area contributed by atoms with Crippen LogP contribution in [0.3, 0.4) is 0 Å². The van der Waals surface area contributed by atoms with Crippen LogP contribution in [0.4, 0.5) is 0 Å². The second-order valence-electron chi connectivity index (χ2n) is 4.59. The smallest absolute Gasteiger partial charge is 0.173 e. The first-order valence-corrected chi connectivity index (χ1v) is 7.90. The van der Waals surface area contributed by atoms with E-state index in [0.29, 0.717) is 15.8 Å². The quantitative estimate of drug-likeness (QED) is 0.539. The molecule has 4 heteroatoms. The first-order chi connectivity index (χ1) is 9.47. The molecule has 0 amide bonds. The normalized spacial score (nSPS) is 10.6. The van der Waals surface area contributed by atoms with Gasteiger partial charge in [-0.2, -0.15) is 0 Å². The number of hydrogen-bond donors (Lipinski definition) is 0. The van der Waals surface area contributed by atoms with Crippen LogP contribution in [0, 0.1) is 13.8 Å². The molecule has 0 aliphatic heterocycles. The Bertz CT molecular complexity index is 653. The molecule has 0 bridgehead atoms. The molecular formula is C16H14Cl2OS. The minimum Gasteiger partial charge on any atom is -0.293 e. The van der Waals surface area contributed by atoms with E-state index in [-0.39, 0.29) is 5.78 Å². The number of halogens is 2. The molecule has 0 aromatic heterocycles. The van der Waals surface area contributed by atoms with E-state index < -0.39 is 0 Å². The predicted molar refractivity (Wildman–Crippen MR) is 87.4 cm³/mol. The van der Waals surface area contributed by atoms with Crippen LogP contribution >= 0.6 is 35.0 Å². The third-order valence-corrected chi connectivity index (χ3v) is 4.81. The highest BCUT2D eigenvalue weighted by molar-refractivity contribution is 8.00. The Balaban J connectivity index is 2.08. The van der Waals surface area contributed by atoms with Crippen molar-refractivity contribution in [3.63, 3.8) is 0 Å². The molecule has 0 N–H and O–H groups in total. The fourth-order valence-corrected chi connectivity index (χ4v) is 3.12. The summed E-state index contributed by atoms with van der Waals surface area (Å²) in [4.78, 5) is 13.0. The number of carbonyl (C=O) groups is 1. The molecule has 2 rings (SSSR count). The molecule has 0 heterocycles. The second kappa shape index (κ2) is 6.66. The molecule has 104 valence electrons. The van der Waals surface area contributed by atoms with Crippen molar-refractivity contribution in [3.05, 3.63) is 63.1 Å². The highest BCUT2D eigenvalue weighted by atomic mass is 35.5. The summed E-state index contributed by atoms with van der Waals surface area (Å²) >= 11 is 13.4. The fourth-order valence-electron chi connectivity index (χ4n) is 1.73. The van der Waals surface area contributed by atoms with Crippen molar-refractivity contribution >= 4 is 40.7 Å². The maximum atomic E-state index is 12.2. The lowest BCUT2D eigenvalue weighted by Gasteiger charge is -2.06. The number of ketones is 1. The summed E-state index contributed by atoms with van der Waals surface area (Å²) in [6.07, 6.45) is 0. The summed E-state index contributed by atoms with van der Waals surface area (Å²) in [6.45, 7) is 4.04. The Morgan fingerprint density at radius 1 is 1.05 bits per heavy atom. The van der Waals surface area contributed by atoms with Gasteiger partial charge in [0.15, 0.2) is 5.78 Å². The zero-order valence-corrected chi connectivity index (χ0v) is 13.6. The molecule has 0 saturated carbocycles. The monoisotopic (exact) mass is 324 g/mol. The molecule has 0 fully saturated rings. The van der Waals surface area contributed by atoms with Gasteiger partial charge < -0.3 is 0 Å². The molecule has 0 radical (unpaired) electrons. The average molecular weight is 325 g/mol. The van der Waals surface area contributed by atoms with Crippen molar-refractivity contribution in [2.24, 2.45) is 0 Å². The van der Waals surface area contributed by atoms with Gasteiger partial charge in [-0.1, -0.05) is 35.3 Å². The lowest BCUT2D eigenvalue weighted by atomic mass is 10.0. The van der Waals surface area contributed by atoms with Gasteiger partial charge in [0, 0.05) is 15.5 Å². The summed E-state index contributed by atoms with van der Waals surface area (Å²) in [5.74, 6) is 0.442. The Labute approximate surface area is 133 Å². The standard InChI is InChI=1S/C16H14Cl2OS/c1-10-3-4-12(7-11(10)2)15(19)9-20-16-8-13(17)5-6-14(16)18/h3-8H,9H2,1-2H3. The van der Waals surface area contributed by atoms with Gasteiger partial charge in [-0.3, -0.25) is 4.79 Å². The Kier molecular flexibility index (Phi) is 5.14. The lowest BCUT2D eigenvalue weighted by molar-refractivity contribution is 0.102. The van der Waals surface area contributed by atoms with Gasteiger partial charge in [-0.05, 0) is 49.2 Å². The Morgan fingerprint density at radius 3 is 2.50 bits per heavy atom. The largest absolute Gasteiger partial charge is 0.293 e. The summed E-state index contributed by atoms with van der Waals surface area (Å²) in [5, 5.41) is 1.24. The van der Waals surface area contributed by atoms with Crippen molar-refractivity contribution in [2.45, 2.75) is 18.7 Å². The van der Waals surface area contributed by atoms with Crippen LogP contribution in [0.2, 0.25) is 10.0 Å².